The summed E-state index contributed by atoms with van der Waals surface area (Å²) in [6, 6.07) is 7.59. The lowest BCUT2D eigenvalue weighted by atomic mass is 10.1. The summed E-state index contributed by atoms with van der Waals surface area (Å²) in [6.45, 7) is 0. The molecule has 62 valence electrons. The lowest BCUT2D eigenvalue weighted by Gasteiger charge is -1.97. The van der Waals surface area contributed by atoms with E-state index in [4.69, 9.17) is 11.6 Å². The molecule has 0 aliphatic rings. The first kappa shape index (κ1) is 9.01. The van der Waals surface area contributed by atoms with Crippen LogP contribution in [0.2, 0.25) is 5.02 Å². The van der Waals surface area contributed by atoms with Crippen molar-refractivity contribution in [2.24, 2.45) is 0 Å². The predicted molar refractivity (Wildman–Crippen MR) is 50.4 cm³/mol. The summed E-state index contributed by atoms with van der Waals surface area (Å²) in [4.78, 5) is 9.96. The summed E-state index contributed by atoms with van der Waals surface area (Å²) in [5.74, 6) is 0. The smallest absolute Gasteiger partial charge is 0.142 e. The maximum atomic E-state index is 9.96. The fourth-order valence-electron chi connectivity index (χ4n) is 0.915. The first-order valence-electron chi connectivity index (χ1n) is 3.68. The van der Waals surface area contributed by atoms with Crippen molar-refractivity contribution in [1.29, 1.82) is 0 Å². The molecular weight excluding hydrogens is 172 g/mol. The number of benzene rings is 1. The molecule has 12 heavy (non-hydrogen) atoms. The molecule has 0 amide bonds. The van der Waals surface area contributed by atoms with E-state index in [0.717, 1.165) is 16.9 Å². The van der Waals surface area contributed by atoms with Crippen LogP contribution in [0.4, 0.5) is 0 Å². The van der Waals surface area contributed by atoms with Crippen molar-refractivity contribution in [3.63, 3.8) is 0 Å². The van der Waals surface area contributed by atoms with Crippen molar-refractivity contribution < 1.29 is 4.79 Å². The molecule has 1 aromatic carbocycles. The number of hydrogen-bond donors (Lipinski definition) is 0. The van der Waals surface area contributed by atoms with Gasteiger partial charge in [0.05, 0.1) is 0 Å². The Kier molecular flexibility index (Phi) is 3.55. The summed E-state index contributed by atoms with van der Waals surface area (Å²) in [7, 11) is 0. The van der Waals surface area contributed by atoms with Gasteiger partial charge in [-0.1, -0.05) is 35.9 Å². The van der Waals surface area contributed by atoms with E-state index < -0.39 is 0 Å². The molecule has 1 rings (SSSR count). The van der Waals surface area contributed by atoms with Crippen LogP contribution in [0.25, 0.3) is 0 Å². The number of hydrogen-bond acceptors (Lipinski definition) is 1. The van der Waals surface area contributed by atoms with E-state index in [9.17, 15) is 4.79 Å². The van der Waals surface area contributed by atoms with Crippen molar-refractivity contribution in [3.05, 3.63) is 47.0 Å². The zero-order chi connectivity index (χ0) is 8.81. The van der Waals surface area contributed by atoms with Gasteiger partial charge in [0.15, 0.2) is 0 Å². The average molecular weight is 181 g/mol. The molecule has 0 N–H and O–H groups in total. The Morgan fingerprint density at radius 1 is 1.33 bits per heavy atom. The predicted octanol–water partition coefficient (Wildman–Crippen LogP) is 2.64. The van der Waals surface area contributed by atoms with Gasteiger partial charge in [0.2, 0.25) is 0 Å². The fourth-order valence-corrected chi connectivity index (χ4v) is 1.13. The SMILES string of the molecule is O=C/C=C/Cc1ccccc1Cl. The molecule has 1 nitrogen and oxygen atoms in total. The maximum Gasteiger partial charge on any atom is 0.142 e. The minimum atomic E-state index is 0.707. The number of carbonyl (C=O) groups is 1. The molecule has 0 heterocycles. The molecule has 0 fully saturated rings. The third kappa shape index (κ3) is 2.51. The highest BCUT2D eigenvalue weighted by atomic mass is 35.5. The lowest BCUT2D eigenvalue weighted by Crippen LogP contribution is -1.81. The molecule has 0 unspecified atom stereocenters. The van der Waals surface area contributed by atoms with Gasteiger partial charge in [0.25, 0.3) is 0 Å². The summed E-state index contributed by atoms with van der Waals surface area (Å²) in [5, 5.41) is 0.744. The monoisotopic (exact) mass is 180 g/mol. The third-order valence-corrected chi connectivity index (χ3v) is 1.88. The number of halogens is 1. The number of aldehydes is 1. The topological polar surface area (TPSA) is 17.1 Å². The molecule has 0 aliphatic carbocycles. The Bertz CT molecular complexity index is 292. The second kappa shape index (κ2) is 4.73. The van der Waals surface area contributed by atoms with E-state index in [0.29, 0.717) is 6.42 Å². The minimum absolute atomic E-state index is 0.707. The summed E-state index contributed by atoms with van der Waals surface area (Å²) >= 11 is 5.88. The molecule has 0 spiro atoms. The van der Waals surface area contributed by atoms with Gasteiger partial charge in [-0.15, -0.1) is 0 Å². The molecule has 0 saturated carbocycles. The normalized spacial score (nSPS) is 10.4. The van der Waals surface area contributed by atoms with E-state index in [-0.39, 0.29) is 0 Å². The van der Waals surface area contributed by atoms with Crippen LogP contribution in [-0.2, 0) is 11.2 Å². The zero-order valence-electron chi connectivity index (χ0n) is 6.53. The number of rotatable bonds is 3. The first-order valence-corrected chi connectivity index (χ1v) is 4.06. The van der Waals surface area contributed by atoms with Crippen LogP contribution in [0.15, 0.2) is 36.4 Å². The van der Waals surface area contributed by atoms with E-state index >= 15 is 0 Å². The molecule has 1 aromatic rings. The highest BCUT2D eigenvalue weighted by molar-refractivity contribution is 6.31. The molecule has 0 radical (unpaired) electrons. The standard InChI is InChI=1S/C10H9ClO/c11-10-7-2-1-5-9(10)6-3-4-8-12/h1-5,7-8H,6H2/b4-3+. The summed E-state index contributed by atoms with van der Waals surface area (Å²) in [5.41, 5.74) is 1.04. The van der Waals surface area contributed by atoms with Gasteiger partial charge < -0.3 is 0 Å². The molecule has 2 heteroatoms. The van der Waals surface area contributed by atoms with E-state index in [2.05, 4.69) is 0 Å². The summed E-state index contributed by atoms with van der Waals surface area (Å²) in [6.07, 6.45) is 4.73. The Morgan fingerprint density at radius 3 is 2.75 bits per heavy atom. The fraction of sp³-hybridized carbons (Fsp3) is 0.100. The molecular formula is C10H9ClO. The molecule has 0 bridgehead atoms. The quantitative estimate of drug-likeness (QED) is 0.516. The largest absolute Gasteiger partial charge is 0.299 e. The van der Waals surface area contributed by atoms with Crippen LogP contribution in [0, 0.1) is 0 Å². The van der Waals surface area contributed by atoms with E-state index in [1.54, 1.807) is 6.08 Å². The Balaban J connectivity index is 2.69. The van der Waals surface area contributed by atoms with Gasteiger partial charge in [-0.3, -0.25) is 4.79 Å². The highest BCUT2D eigenvalue weighted by Crippen LogP contribution is 2.15. The summed E-state index contributed by atoms with van der Waals surface area (Å²) < 4.78 is 0. The van der Waals surface area contributed by atoms with Gasteiger partial charge in [0, 0.05) is 5.02 Å². The zero-order valence-corrected chi connectivity index (χ0v) is 7.29. The molecule has 0 saturated heterocycles. The van der Waals surface area contributed by atoms with Gasteiger partial charge in [-0.05, 0) is 24.1 Å². The highest BCUT2D eigenvalue weighted by Gasteiger charge is 1.94. The lowest BCUT2D eigenvalue weighted by molar-refractivity contribution is -0.104. The Morgan fingerprint density at radius 2 is 2.08 bits per heavy atom. The second-order valence-corrected chi connectivity index (χ2v) is 2.77. The first-order chi connectivity index (χ1) is 5.84. The van der Waals surface area contributed by atoms with Gasteiger partial charge in [-0.2, -0.15) is 0 Å². The van der Waals surface area contributed by atoms with Crippen molar-refractivity contribution in [1.82, 2.24) is 0 Å². The van der Waals surface area contributed by atoms with Crippen molar-refractivity contribution in [2.45, 2.75) is 6.42 Å². The minimum Gasteiger partial charge on any atom is -0.299 e. The van der Waals surface area contributed by atoms with Crippen LogP contribution in [0.1, 0.15) is 5.56 Å². The maximum absolute atomic E-state index is 9.96. The molecule has 0 aliphatic heterocycles. The van der Waals surface area contributed by atoms with Gasteiger partial charge in [0.1, 0.15) is 6.29 Å². The molecule has 0 aromatic heterocycles. The molecule has 0 atom stereocenters. The number of allylic oxidation sites excluding steroid dienone is 2. The van der Waals surface area contributed by atoms with Gasteiger partial charge in [-0.25, -0.2) is 0 Å². The van der Waals surface area contributed by atoms with Crippen LogP contribution >= 0.6 is 11.6 Å². The Labute approximate surface area is 76.7 Å². The van der Waals surface area contributed by atoms with Crippen LogP contribution in [-0.4, -0.2) is 6.29 Å². The average Bonchev–Trinajstić information content (AvgIpc) is 2.09. The second-order valence-electron chi connectivity index (χ2n) is 2.36. The van der Waals surface area contributed by atoms with Crippen molar-refractivity contribution >= 4 is 17.9 Å². The van der Waals surface area contributed by atoms with Crippen LogP contribution in [0.3, 0.4) is 0 Å². The van der Waals surface area contributed by atoms with Crippen LogP contribution in [0.5, 0.6) is 0 Å². The van der Waals surface area contributed by atoms with Crippen molar-refractivity contribution in [2.75, 3.05) is 0 Å². The van der Waals surface area contributed by atoms with Crippen LogP contribution < -0.4 is 0 Å². The van der Waals surface area contributed by atoms with E-state index in [1.165, 1.54) is 6.08 Å². The number of carbonyl (C=O) groups excluding carboxylic acids is 1. The third-order valence-electron chi connectivity index (χ3n) is 1.51. The van der Waals surface area contributed by atoms with E-state index in [1.807, 2.05) is 24.3 Å². The Hall–Kier alpha value is -1.08. The van der Waals surface area contributed by atoms with Crippen molar-refractivity contribution in [3.8, 4) is 0 Å². The van der Waals surface area contributed by atoms with Gasteiger partial charge >= 0.3 is 0 Å².